The van der Waals surface area contributed by atoms with Gasteiger partial charge in [0.05, 0.1) is 16.7 Å². The van der Waals surface area contributed by atoms with Crippen LogP contribution in [0.4, 0.5) is 0 Å². The Morgan fingerprint density at radius 1 is 1.03 bits per heavy atom. The van der Waals surface area contributed by atoms with Crippen molar-refractivity contribution in [2.75, 3.05) is 7.11 Å². The first-order valence-corrected chi connectivity index (χ1v) is 9.74. The van der Waals surface area contributed by atoms with E-state index in [1.165, 1.54) is 5.56 Å². The summed E-state index contributed by atoms with van der Waals surface area (Å²) in [5, 5.41) is 0. The zero-order valence-corrected chi connectivity index (χ0v) is 18.0. The van der Waals surface area contributed by atoms with Gasteiger partial charge >= 0.3 is 5.69 Å². The predicted octanol–water partition coefficient (Wildman–Crippen LogP) is 4.73. The molecule has 0 saturated carbocycles. The second-order valence-electron chi connectivity index (χ2n) is 6.47. The molecular formula is C23H30N4O2. The Hall–Kier alpha value is -3.12. The van der Waals surface area contributed by atoms with Gasteiger partial charge in [0, 0.05) is 25.4 Å². The van der Waals surface area contributed by atoms with E-state index in [0.29, 0.717) is 6.61 Å². The molecule has 6 heteroatoms. The van der Waals surface area contributed by atoms with E-state index in [0.717, 1.165) is 33.8 Å². The molecule has 0 aliphatic carbocycles. The van der Waals surface area contributed by atoms with Gasteiger partial charge in [-0.05, 0) is 26.0 Å². The zero-order chi connectivity index (χ0) is 21.4. The molecule has 0 aliphatic heterocycles. The second-order valence-corrected chi connectivity index (χ2v) is 6.47. The molecule has 0 radical (unpaired) electrons. The zero-order valence-electron chi connectivity index (χ0n) is 18.0. The van der Waals surface area contributed by atoms with Crippen LogP contribution >= 0.6 is 0 Å². The maximum absolute atomic E-state index is 11.6. The summed E-state index contributed by atoms with van der Waals surface area (Å²) in [4.78, 5) is 22.2. The Morgan fingerprint density at radius 3 is 2.31 bits per heavy atom. The fraction of sp³-hybridized carbons (Fsp3) is 0.304. The summed E-state index contributed by atoms with van der Waals surface area (Å²) in [6.45, 7) is 8.50. The molecular weight excluding hydrogens is 364 g/mol. The van der Waals surface area contributed by atoms with Crippen LogP contribution in [0.5, 0.6) is 0 Å². The normalized spacial score (nSPS) is 10.1. The lowest BCUT2D eigenvalue weighted by molar-refractivity contribution is 0.178. The molecule has 2 N–H and O–H groups in total. The lowest BCUT2D eigenvalue weighted by Gasteiger charge is -2.00. The lowest BCUT2D eigenvalue weighted by atomic mass is 10.1. The summed E-state index contributed by atoms with van der Waals surface area (Å²) in [7, 11) is 3.38. The molecule has 0 atom stereocenters. The number of hydrogen-bond donors (Lipinski definition) is 2. The Kier molecular flexibility index (Phi) is 7.98. The van der Waals surface area contributed by atoms with Gasteiger partial charge in [0.25, 0.3) is 0 Å². The van der Waals surface area contributed by atoms with Crippen molar-refractivity contribution in [3.8, 4) is 11.3 Å². The van der Waals surface area contributed by atoms with Crippen molar-refractivity contribution in [3.63, 3.8) is 0 Å². The number of benzene rings is 2. The third-order valence-electron chi connectivity index (χ3n) is 4.33. The molecule has 29 heavy (non-hydrogen) atoms. The van der Waals surface area contributed by atoms with E-state index in [4.69, 9.17) is 4.74 Å². The molecule has 0 aliphatic rings. The monoisotopic (exact) mass is 394 g/mol. The molecule has 0 fully saturated rings. The SMILES string of the molecule is CC.COCc1nc(-c2ccc3c(c2)[nH]c(=O)n3C)c(C)[nH]1.Cc1ccccc1. The van der Waals surface area contributed by atoms with E-state index < -0.39 is 0 Å². The van der Waals surface area contributed by atoms with Crippen molar-refractivity contribution in [1.29, 1.82) is 0 Å². The third kappa shape index (κ3) is 5.45. The minimum Gasteiger partial charge on any atom is -0.377 e. The Morgan fingerprint density at radius 2 is 1.72 bits per heavy atom. The van der Waals surface area contributed by atoms with Crippen LogP contribution in [-0.4, -0.2) is 26.6 Å². The van der Waals surface area contributed by atoms with E-state index in [2.05, 4.69) is 34.0 Å². The molecule has 4 aromatic rings. The highest BCUT2D eigenvalue weighted by Crippen LogP contribution is 2.24. The summed E-state index contributed by atoms with van der Waals surface area (Å²) >= 11 is 0. The van der Waals surface area contributed by atoms with Crippen LogP contribution in [0.2, 0.25) is 0 Å². The summed E-state index contributed by atoms with van der Waals surface area (Å²) in [5.74, 6) is 0.793. The van der Waals surface area contributed by atoms with Gasteiger partial charge in [0.2, 0.25) is 0 Å². The van der Waals surface area contributed by atoms with Gasteiger partial charge in [0.15, 0.2) is 0 Å². The number of fused-ring (bicyclic) bond motifs is 1. The Labute approximate surface area is 171 Å². The molecule has 0 amide bonds. The fourth-order valence-corrected chi connectivity index (χ4v) is 2.93. The number of nitrogens with one attached hydrogen (secondary N) is 2. The molecule has 0 bridgehead atoms. The average molecular weight is 395 g/mol. The third-order valence-corrected chi connectivity index (χ3v) is 4.33. The number of hydrogen-bond acceptors (Lipinski definition) is 3. The quantitative estimate of drug-likeness (QED) is 0.527. The van der Waals surface area contributed by atoms with E-state index in [9.17, 15) is 4.79 Å². The number of imidazole rings is 2. The van der Waals surface area contributed by atoms with Crippen LogP contribution in [0, 0.1) is 13.8 Å². The lowest BCUT2D eigenvalue weighted by Crippen LogP contribution is -2.11. The van der Waals surface area contributed by atoms with Crippen LogP contribution in [0.1, 0.15) is 30.9 Å². The molecule has 6 nitrogen and oxygen atoms in total. The van der Waals surface area contributed by atoms with Crippen LogP contribution in [-0.2, 0) is 18.4 Å². The van der Waals surface area contributed by atoms with Gasteiger partial charge in [-0.3, -0.25) is 4.57 Å². The minimum absolute atomic E-state index is 0.115. The summed E-state index contributed by atoms with van der Waals surface area (Å²) < 4.78 is 6.67. The average Bonchev–Trinajstić information content (AvgIpc) is 3.23. The molecule has 0 unspecified atom stereocenters. The van der Waals surface area contributed by atoms with Crippen molar-refractivity contribution < 1.29 is 4.74 Å². The minimum atomic E-state index is -0.115. The van der Waals surface area contributed by atoms with Crippen LogP contribution in [0.15, 0.2) is 53.3 Å². The van der Waals surface area contributed by atoms with Crippen molar-refractivity contribution in [2.45, 2.75) is 34.3 Å². The standard InChI is InChI=1S/C14H16N4O2.C7H8.C2H6/c1-8-13(17-12(15-8)7-20-3)9-4-5-11-10(6-9)16-14(19)18(11)2;1-7-5-3-2-4-6-7;1-2/h4-6H,7H2,1-3H3,(H,15,17)(H,16,19);2-6H,1H3;1-2H3. The van der Waals surface area contributed by atoms with Gasteiger partial charge in [-0.15, -0.1) is 0 Å². The molecule has 0 spiro atoms. The largest absolute Gasteiger partial charge is 0.377 e. The first-order chi connectivity index (χ1) is 14.0. The number of rotatable bonds is 3. The Bertz CT molecular complexity index is 1090. The predicted molar refractivity (Wildman–Crippen MR) is 119 cm³/mol. The van der Waals surface area contributed by atoms with Gasteiger partial charge in [-0.25, -0.2) is 9.78 Å². The van der Waals surface area contributed by atoms with Gasteiger partial charge in [0.1, 0.15) is 12.4 Å². The maximum Gasteiger partial charge on any atom is 0.326 e. The summed E-state index contributed by atoms with van der Waals surface area (Å²) in [6.07, 6.45) is 0. The second kappa shape index (κ2) is 10.4. The highest BCUT2D eigenvalue weighted by molar-refractivity contribution is 5.81. The van der Waals surface area contributed by atoms with Gasteiger partial charge in [-0.1, -0.05) is 55.8 Å². The Balaban J connectivity index is 0.000000280. The molecule has 2 aromatic heterocycles. The topological polar surface area (TPSA) is 75.7 Å². The maximum atomic E-state index is 11.6. The smallest absolute Gasteiger partial charge is 0.326 e. The van der Waals surface area contributed by atoms with Crippen LogP contribution < -0.4 is 5.69 Å². The number of aromatic nitrogens is 4. The van der Waals surface area contributed by atoms with E-state index in [1.54, 1.807) is 18.7 Å². The molecule has 2 heterocycles. The van der Waals surface area contributed by atoms with Crippen molar-refractivity contribution in [2.24, 2.45) is 7.05 Å². The van der Waals surface area contributed by atoms with Crippen molar-refractivity contribution in [3.05, 3.63) is 76.1 Å². The first-order valence-electron chi connectivity index (χ1n) is 9.74. The van der Waals surface area contributed by atoms with E-state index >= 15 is 0 Å². The van der Waals surface area contributed by atoms with Crippen molar-refractivity contribution >= 4 is 11.0 Å². The molecule has 2 aromatic carbocycles. The molecule has 0 saturated heterocycles. The highest BCUT2D eigenvalue weighted by atomic mass is 16.5. The number of aryl methyl sites for hydroxylation is 3. The number of H-pyrrole nitrogens is 2. The van der Waals surface area contributed by atoms with E-state index in [1.807, 2.05) is 57.2 Å². The summed E-state index contributed by atoms with van der Waals surface area (Å²) in [6, 6.07) is 16.1. The number of methoxy groups -OCH3 is 1. The fourth-order valence-electron chi connectivity index (χ4n) is 2.93. The molecule has 154 valence electrons. The number of nitrogens with zero attached hydrogens (tertiary/aromatic N) is 2. The van der Waals surface area contributed by atoms with Gasteiger partial charge in [-0.2, -0.15) is 0 Å². The van der Waals surface area contributed by atoms with Gasteiger partial charge < -0.3 is 14.7 Å². The number of ether oxygens (including phenoxy) is 1. The highest BCUT2D eigenvalue weighted by Gasteiger charge is 2.11. The van der Waals surface area contributed by atoms with Crippen LogP contribution in [0.25, 0.3) is 22.3 Å². The van der Waals surface area contributed by atoms with E-state index in [-0.39, 0.29) is 5.69 Å². The molecule has 4 rings (SSSR count). The number of aromatic amines is 2. The van der Waals surface area contributed by atoms with Crippen LogP contribution in [0.3, 0.4) is 0 Å². The summed E-state index contributed by atoms with van der Waals surface area (Å²) in [5.41, 5.74) is 5.72. The first kappa shape index (κ1) is 22.2. The van der Waals surface area contributed by atoms with Crippen molar-refractivity contribution in [1.82, 2.24) is 19.5 Å².